The molecule has 5 heteroatoms. The molecule has 0 amide bonds. The highest BCUT2D eigenvalue weighted by molar-refractivity contribution is 5.69. The number of hydrogen-bond donors (Lipinski definition) is 1. The number of aliphatic hydroxyl groups excluding tert-OH is 1. The summed E-state index contributed by atoms with van der Waals surface area (Å²) < 4.78 is 10.3. The van der Waals surface area contributed by atoms with Crippen LogP contribution in [-0.2, 0) is 19.1 Å². The van der Waals surface area contributed by atoms with E-state index in [-0.39, 0.29) is 25.2 Å². The van der Waals surface area contributed by atoms with Crippen molar-refractivity contribution in [3.8, 4) is 0 Å². The van der Waals surface area contributed by atoms with E-state index in [1.807, 2.05) is 0 Å². The average Bonchev–Trinajstić information content (AvgIpc) is 3.07. The van der Waals surface area contributed by atoms with E-state index in [1.54, 1.807) is 0 Å². The van der Waals surface area contributed by atoms with E-state index in [0.29, 0.717) is 12.8 Å². The van der Waals surface area contributed by atoms with Crippen LogP contribution in [0.4, 0.5) is 0 Å². The molecule has 0 aromatic rings. The lowest BCUT2D eigenvalue weighted by molar-refractivity contribution is -0.152. The maximum atomic E-state index is 12.0. The van der Waals surface area contributed by atoms with Gasteiger partial charge in [-0.15, -0.1) is 0 Å². The van der Waals surface area contributed by atoms with Crippen molar-refractivity contribution in [2.24, 2.45) is 0 Å². The SMILES string of the molecule is CCCCCCCC/C=C\CCCCCCCCCCCCCC(=O)OC[C@H](O)COC(=O)CCCCCCCCCCCCCC. The first-order valence-corrected chi connectivity index (χ1v) is 20.7. The van der Waals surface area contributed by atoms with Gasteiger partial charge in [0.2, 0.25) is 0 Å². The lowest BCUT2D eigenvalue weighted by Crippen LogP contribution is -2.25. The molecule has 0 saturated heterocycles. The Balaban J connectivity index is 3.37. The van der Waals surface area contributed by atoms with Gasteiger partial charge in [-0.1, -0.05) is 187 Å². The van der Waals surface area contributed by atoms with Crippen LogP contribution in [0.5, 0.6) is 0 Å². The third-order valence-electron chi connectivity index (χ3n) is 9.25. The van der Waals surface area contributed by atoms with Gasteiger partial charge in [0.15, 0.2) is 0 Å². The van der Waals surface area contributed by atoms with Crippen LogP contribution in [0.2, 0.25) is 0 Å². The number of esters is 2. The van der Waals surface area contributed by atoms with Crippen molar-refractivity contribution < 1.29 is 24.2 Å². The van der Waals surface area contributed by atoms with Crippen molar-refractivity contribution in [2.45, 2.75) is 232 Å². The molecule has 1 atom stereocenters. The molecule has 0 saturated carbocycles. The molecule has 1 N–H and O–H groups in total. The Morgan fingerprint density at radius 2 is 0.681 bits per heavy atom. The minimum atomic E-state index is -0.957. The second-order valence-electron chi connectivity index (χ2n) is 14.1. The maximum Gasteiger partial charge on any atom is 0.305 e. The highest BCUT2D eigenvalue weighted by Crippen LogP contribution is 2.15. The number of allylic oxidation sites excluding steroid dienone is 2. The van der Waals surface area contributed by atoms with Crippen LogP contribution in [0.25, 0.3) is 0 Å². The number of hydrogen-bond acceptors (Lipinski definition) is 5. The highest BCUT2D eigenvalue weighted by atomic mass is 16.6. The van der Waals surface area contributed by atoms with E-state index in [0.717, 1.165) is 32.1 Å². The van der Waals surface area contributed by atoms with Crippen molar-refractivity contribution in [1.29, 1.82) is 0 Å². The molecule has 0 aromatic carbocycles. The zero-order chi connectivity index (χ0) is 34.3. The molecule has 0 rings (SSSR count). The Kier molecular flexibility index (Phi) is 38.0. The Morgan fingerprint density at radius 1 is 0.426 bits per heavy atom. The molecule has 0 aliphatic heterocycles. The van der Waals surface area contributed by atoms with Crippen LogP contribution in [-0.4, -0.2) is 36.4 Å². The molecule has 0 bridgehead atoms. The van der Waals surface area contributed by atoms with Crippen molar-refractivity contribution in [1.82, 2.24) is 0 Å². The molecule has 0 spiro atoms. The number of carbonyl (C=O) groups excluding carboxylic acids is 2. The van der Waals surface area contributed by atoms with Crippen LogP contribution in [0, 0.1) is 0 Å². The largest absolute Gasteiger partial charge is 0.463 e. The summed E-state index contributed by atoms with van der Waals surface area (Å²) >= 11 is 0. The monoisotopic (exact) mass is 665 g/mol. The Morgan fingerprint density at radius 3 is 0.979 bits per heavy atom. The molecule has 0 heterocycles. The predicted molar refractivity (Wildman–Crippen MR) is 201 cm³/mol. The fourth-order valence-corrected chi connectivity index (χ4v) is 6.08. The molecule has 5 nitrogen and oxygen atoms in total. The first-order valence-electron chi connectivity index (χ1n) is 20.7. The summed E-state index contributed by atoms with van der Waals surface area (Å²) in [4.78, 5) is 23.9. The molecular weight excluding hydrogens is 584 g/mol. The lowest BCUT2D eigenvalue weighted by atomic mass is 10.0. The number of rotatable bonds is 38. The Labute approximate surface area is 292 Å². The van der Waals surface area contributed by atoms with Crippen molar-refractivity contribution in [2.75, 3.05) is 13.2 Å². The predicted octanol–water partition coefficient (Wildman–Crippen LogP) is 12.9. The summed E-state index contributed by atoms with van der Waals surface area (Å²) in [6.07, 6.45) is 44.2. The van der Waals surface area contributed by atoms with Gasteiger partial charge in [-0.25, -0.2) is 0 Å². The van der Waals surface area contributed by atoms with E-state index in [9.17, 15) is 14.7 Å². The fourth-order valence-electron chi connectivity index (χ4n) is 6.08. The smallest absolute Gasteiger partial charge is 0.305 e. The van der Waals surface area contributed by atoms with Crippen LogP contribution < -0.4 is 0 Å². The fraction of sp³-hybridized carbons (Fsp3) is 0.905. The summed E-state index contributed by atoms with van der Waals surface area (Å²) in [5, 5.41) is 10.0. The van der Waals surface area contributed by atoms with Gasteiger partial charge in [0, 0.05) is 12.8 Å². The summed E-state index contributed by atoms with van der Waals surface area (Å²) in [6, 6.07) is 0. The minimum absolute atomic E-state index is 0.110. The summed E-state index contributed by atoms with van der Waals surface area (Å²) in [6.45, 7) is 4.31. The van der Waals surface area contributed by atoms with Gasteiger partial charge in [-0.2, -0.15) is 0 Å². The third kappa shape index (κ3) is 39.0. The first kappa shape index (κ1) is 45.6. The Bertz CT molecular complexity index is 676. The number of carbonyl (C=O) groups is 2. The van der Waals surface area contributed by atoms with Gasteiger partial charge in [0.05, 0.1) is 0 Å². The zero-order valence-corrected chi connectivity index (χ0v) is 31.6. The van der Waals surface area contributed by atoms with Gasteiger partial charge in [0.25, 0.3) is 0 Å². The van der Waals surface area contributed by atoms with E-state index < -0.39 is 6.10 Å². The standard InChI is InChI=1S/C42H80O5/c1-3-5-7-9-11-13-15-17-18-19-20-21-22-23-24-25-27-29-31-33-35-37-42(45)47-39-40(43)38-46-41(44)36-34-32-30-28-26-16-14-12-10-8-6-4-2/h17-18,40,43H,3-16,19-39H2,1-2H3/b18-17-/t40-/m1/s1. The Hall–Kier alpha value is -1.36. The van der Waals surface area contributed by atoms with Gasteiger partial charge < -0.3 is 14.6 Å². The van der Waals surface area contributed by atoms with Gasteiger partial charge in [0.1, 0.15) is 19.3 Å². The van der Waals surface area contributed by atoms with E-state index in [2.05, 4.69) is 26.0 Å². The van der Waals surface area contributed by atoms with E-state index >= 15 is 0 Å². The van der Waals surface area contributed by atoms with Gasteiger partial charge in [-0.3, -0.25) is 9.59 Å². The van der Waals surface area contributed by atoms with E-state index in [1.165, 1.54) is 167 Å². The number of ether oxygens (including phenoxy) is 2. The number of aliphatic hydroxyl groups is 1. The molecule has 47 heavy (non-hydrogen) atoms. The molecule has 278 valence electrons. The van der Waals surface area contributed by atoms with Crippen LogP contribution in [0.1, 0.15) is 226 Å². The molecule has 0 fully saturated rings. The molecule has 0 aliphatic carbocycles. The first-order chi connectivity index (χ1) is 23.1. The van der Waals surface area contributed by atoms with Gasteiger partial charge >= 0.3 is 11.9 Å². The second-order valence-corrected chi connectivity index (χ2v) is 14.1. The van der Waals surface area contributed by atoms with Crippen LogP contribution in [0.3, 0.4) is 0 Å². The summed E-state index contributed by atoms with van der Waals surface area (Å²) in [7, 11) is 0. The number of unbranched alkanes of at least 4 members (excludes halogenated alkanes) is 28. The average molecular weight is 665 g/mol. The highest BCUT2D eigenvalue weighted by Gasteiger charge is 2.12. The molecule has 0 unspecified atom stereocenters. The van der Waals surface area contributed by atoms with Crippen LogP contribution in [0.15, 0.2) is 12.2 Å². The quantitative estimate of drug-likeness (QED) is 0.0404. The van der Waals surface area contributed by atoms with E-state index in [4.69, 9.17) is 9.47 Å². The van der Waals surface area contributed by atoms with Crippen molar-refractivity contribution in [3.63, 3.8) is 0 Å². The van der Waals surface area contributed by atoms with Crippen LogP contribution >= 0.6 is 0 Å². The lowest BCUT2D eigenvalue weighted by Gasteiger charge is -2.12. The molecule has 0 aromatic heterocycles. The summed E-state index contributed by atoms with van der Waals surface area (Å²) in [5.41, 5.74) is 0. The third-order valence-corrected chi connectivity index (χ3v) is 9.25. The maximum absolute atomic E-state index is 12.0. The normalized spacial score (nSPS) is 12.1. The van der Waals surface area contributed by atoms with Crippen molar-refractivity contribution in [3.05, 3.63) is 12.2 Å². The van der Waals surface area contributed by atoms with Gasteiger partial charge in [-0.05, 0) is 38.5 Å². The second kappa shape index (κ2) is 39.1. The minimum Gasteiger partial charge on any atom is -0.463 e. The molecule has 0 aliphatic rings. The molecular formula is C42H80O5. The summed E-state index contributed by atoms with van der Waals surface area (Å²) in [5.74, 6) is -0.556. The van der Waals surface area contributed by atoms with Crippen molar-refractivity contribution >= 4 is 11.9 Å². The zero-order valence-electron chi connectivity index (χ0n) is 31.6. The molecule has 0 radical (unpaired) electrons. The topological polar surface area (TPSA) is 72.8 Å².